The van der Waals surface area contributed by atoms with Crippen molar-refractivity contribution >= 4 is 45.3 Å². The third-order valence-corrected chi connectivity index (χ3v) is 4.86. The number of hydrogen-bond donors (Lipinski definition) is 4. The lowest BCUT2D eigenvalue weighted by molar-refractivity contribution is -0.137. The molecule has 31 heavy (non-hydrogen) atoms. The van der Waals surface area contributed by atoms with Gasteiger partial charge in [-0.15, -0.1) is 0 Å². The number of aliphatic carboxylic acids is 1. The highest BCUT2D eigenvalue weighted by atomic mass is 79.9. The fourth-order valence-electron chi connectivity index (χ4n) is 2.80. The molecule has 0 spiro atoms. The number of carbonyl (C=O) groups excluding carboxylic acids is 3. The molecule has 9 nitrogen and oxygen atoms in total. The molecule has 1 heterocycles. The Kier molecular flexibility index (Phi) is 9.26. The fraction of sp³-hybridized carbons (Fsp3) is 0.333. The molecule has 2 rings (SSSR count). The van der Waals surface area contributed by atoms with E-state index in [1.807, 2.05) is 37.5 Å². The summed E-state index contributed by atoms with van der Waals surface area (Å²) in [6.07, 6.45) is 3.65. The van der Waals surface area contributed by atoms with Gasteiger partial charge in [0.05, 0.1) is 11.9 Å². The molecule has 0 bridgehead atoms. The van der Waals surface area contributed by atoms with Gasteiger partial charge >= 0.3 is 5.97 Å². The third-order valence-electron chi connectivity index (χ3n) is 4.35. The van der Waals surface area contributed by atoms with Crippen LogP contribution >= 0.6 is 15.9 Å². The summed E-state index contributed by atoms with van der Waals surface area (Å²) in [6, 6.07) is 8.22. The Morgan fingerprint density at radius 1 is 1.10 bits per heavy atom. The molecule has 166 valence electrons. The van der Waals surface area contributed by atoms with Crippen LogP contribution in [0.2, 0.25) is 0 Å². The number of carbonyl (C=O) groups is 4. The van der Waals surface area contributed by atoms with Crippen LogP contribution in [0.15, 0.2) is 42.7 Å². The van der Waals surface area contributed by atoms with Crippen LogP contribution in [0.4, 0.5) is 5.69 Å². The van der Waals surface area contributed by atoms with Crippen molar-refractivity contribution in [1.29, 1.82) is 0 Å². The number of carboxylic acids is 1. The van der Waals surface area contributed by atoms with Crippen LogP contribution in [-0.4, -0.2) is 51.3 Å². The monoisotopic (exact) mass is 492 g/mol. The summed E-state index contributed by atoms with van der Waals surface area (Å²) in [4.78, 5) is 46.8. The number of aryl methyl sites for hydroxylation is 1. The predicted molar refractivity (Wildman–Crippen MR) is 119 cm³/mol. The number of alkyl halides is 1. The minimum absolute atomic E-state index is 0.0448. The zero-order valence-corrected chi connectivity index (χ0v) is 18.6. The van der Waals surface area contributed by atoms with Gasteiger partial charge in [0.2, 0.25) is 17.7 Å². The number of nitrogens with zero attached hydrogens (tertiary/aromatic N) is 1. The van der Waals surface area contributed by atoms with E-state index in [9.17, 15) is 19.2 Å². The molecular formula is C21H25BrN4O5. The predicted octanol–water partition coefficient (Wildman–Crippen LogP) is 1.64. The maximum atomic E-state index is 12.6. The lowest BCUT2D eigenvalue weighted by atomic mass is 10.1. The Morgan fingerprint density at radius 3 is 2.39 bits per heavy atom. The second-order valence-electron chi connectivity index (χ2n) is 7.01. The number of carboxylic acid groups (broad SMARTS) is 1. The molecule has 3 amide bonds. The molecule has 0 saturated heterocycles. The van der Waals surface area contributed by atoms with Crippen molar-refractivity contribution in [2.24, 2.45) is 0 Å². The van der Waals surface area contributed by atoms with Gasteiger partial charge in [0.15, 0.2) is 0 Å². The van der Waals surface area contributed by atoms with Gasteiger partial charge in [-0.3, -0.25) is 19.2 Å². The van der Waals surface area contributed by atoms with Crippen molar-refractivity contribution in [3.8, 4) is 0 Å². The van der Waals surface area contributed by atoms with E-state index in [1.54, 1.807) is 12.1 Å². The van der Waals surface area contributed by atoms with Crippen LogP contribution in [0.25, 0.3) is 0 Å². The topological polar surface area (TPSA) is 130 Å². The van der Waals surface area contributed by atoms with Crippen molar-refractivity contribution in [1.82, 2.24) is 15.2 Å². The highest BCUT2D eigenvalue weighted by molar-refractivity contribution is 9.09. The molecule has 0 radical (unpaired) electrons. The Morgan fingerprint density at radius 2 is 1.81 bits per heavy atom. The molecule has 1 aromatic heterocycles. The van der Waals surface area contributed by atoms with Crippen LogP contribution in [0.3, 0.4) is 0 Å². The number of aromatic nitrogens is 1. The Hall–Kier alpha value is -3.14. The third kappa shape index (κ3) is 8.63. The Bertz CT molecular complexity index is 926. The maximum Gasteiger partial charge on any atom is 0.303 e. The van der Waals surface area contributed by atoms with Gasteiger partial charge in [0, 0.05) is 31.0 Å². The molecule has 0 aliphatic rings. The SMILES string of the molecule is Cc1ccn(Cc2ccc(NC(=O)[C@H](CCC(=O)O)NC(=O)CNC(=O)CBr)cc2)c1. The van der Waals surface area contributed by atoms with Crippen LogP contribution in [-0.2, 0) is 25.7 Å². The second kappa shape index (κ2) is 11.9. The summed E-state index contributed by atoms with van der Waals surface area (Å²) in [5, 5.41) is 16.5. The van der Waals surface area contributed by atoms with E-state index in [2.05, 4.69) is 36.4 Å². The maximum absolute atomic E-state index is 12.6. The minimum atomic E-state index is -1.08. The highest BCUT2D eigenvalue weighted by Crippen LogP contribution is 2.13. The summed E-state index contributed by atoms with van der Waals surface area (Å²) in [5.74, 6) is -2.58. The molecule has 2 aromatic rings. The van der Waals surface area contributed by atoms with Crippen molar-refractivity contribution in [2.45, 2.75) is 32.4 Å². The zero-order chi connectivity index (χ0) is 22.8. The van der Waals surface area contributed by atoms with Gasteiger partial charge in [0.25, 0.3) is 0 Å². The standard InChI is InChI=1S/C21H25BrN4O5/c1-14-8-9-26(12-14)13-15-2-4-16(5-3-15)24-21(31)17(6-7-20(29)30)25-19(28)11-23-18(27)10-22/h2-5,8-9,12,17H,6-7,10-11,13H2,1H3,(H,23,27)(H,24,31)(H,25,28)(H,29,30)/t17-/m0/s1. The van der Waals surface area contributed by atoms with E-state index in [-0.39, 0.29) is 30.6 Å². The second-order valence-corrected chi connectivity index (χ2v) is 7.57. The minimum Gasteiger partial charge on any atom is -0.481 e. The number of anilines is 1. The molecule has 0 aliphatic carbocycles. The largest absolute Gasteiger partial charge is 0.481 e. The molecule has 10 heteroatoms. The van der Waals surface area contributed by atoms with E-state index in [1.165, 1.54) is 5.56 Å². The first-order chi connectivity index (χ1) is 14.8. The van der Waals surface area contributed by atoms with Crippen LogP contribution in [0.5, 0.6) is 0 Å². The summed E-state index contributed by atoms with van der Waals surface area (Å²) in [6.45, 7) is 2.40. The average Bonchev–Trinajstić information content (AvgIpc) is 3.14. The van der Waals surface area contributed by atoms with E-state index in [4.69, 9.17) is 5.11 Å². The van der Waals surface area contributed by atoms with E-state index >= 15 is 0 Å². The number of amides is 3. The summed E-state index contributed by atoms with van der Waals surface area (Å²) in [5.41, 5.74) is 2.75. The van der Waals surface area contributed by atoms with Crippen molar-refractivity contribution in [3.63, 3.8) is 0 Å². The first-order valence-electron chi connectivity index (χ1n) is 9.63. The van der Waals surface area contributed by atoms with E-state index in [0.29, 0.717) is 12.2 Å². The lowest BCUT2D eigenvalue weighted by Gasteiger charge is -2.18. The molecular weight excluding hydrogens is 468 g/mol. The molecule has 0 saturated carbocycles. The van der Waals surface area contributed by atoms with Gasteiger partial charge in [-0.1, -0.05) is 28.1 Å². The molecule has 0 fully saturated rings. The van der Waals surface area contributed by atoms with Crippen molar-refractivity contribution in [3.05, 3.63) is 53.9 Å². The van der Waals surface area contributed by atoms with Crippen LogP contribution in [0, 0.1) is 6.92 Å². The van der Waals surface area contributed by atoms with Crippen molar-refractivity contribution < 1.29 is 24.3 Å². The van der Waals surface area contributed by atoms with Crippen molar-refractivity contribution in [2.75, 3.05) is 17.2 Å². The Labute approximate surface area is 188 Å². The Balaban J connectivity index is 1.96. The highest BCUT2D eigenvalue weighted by Gasteiger charge is 2.22. The van der Waals surface area contributed by atoms with Gasteiger partial charge in [-0.25, -0.2) is 0 Å². The fourth-order valence-corrected chi connectivity index (χ4v) is 3.00. The van der Waals surface area contributed by atoms with Gasteiger partial charge < -0.3 is 25.6 Å². The number of rotatable bonds is 11. The summed E-state index contributed by atoms with van der Waals surface area (Å²) in [7, 11) is 0. The average molecular weight is 493 g/mol. The number of hydrogen-bond acceptors (Lipinski definition) is 4. The number of halogens is 1. The van der Waals surface area contributed by atoms with Crippen LogP contribution < -0.4 is 16.0 Å². The zero-order valence-electron chi connectivity index (χ0n) is 17.1. The molecule has 0 unspecified atom stereocenters. The molecule has 1 aromatic carbocycles. The van der Waals surface area contributed by atoms with Gasteiger partial charge in [-0.2, -0.15) is 0 Å². The first-order valence-corrected chi connectivity index (χ1v) is 10.7. The van der Waals surface area contributed by atoms with Crippen LogP contribution in [0.1, 0.15) is 24.0 Å². The first kappa shape index (κ1) is 24.1. The summed E-state index contributed by atoms with van der Waals surface area (Å²) >= 11 is 2.97. The lowest BCUT2D eigenvalue weighted by Crippen LogP contribution is -2.47. The molecule has 1 atom stereocenters. The van der Waals surface area contributed by atoms with Gasteiger partial charge in [0.1, 0.15) is 6.04 Å². The quantitative estimate of drug-likeness (QED) is 0.354. The van der Waals surface area contributed by atoms with E-state index in [0.717, 1.165) is 5.56 Å². The normalized spacial score (nSPS) is 11.4. The van der Waals surface area contributed by atoms with Gasteiger partial charge in [-0.05, 0) is 42.7 Å². The summed E-state index contributed by atoms with van der Waals surface area (Å²) < 4.78 is 2.05. The smallest absolute Gasteiger partial charge is 0.303 e. The molecule has 4 N–H and O–H groups in total. The van der Waals surface area contributed by atoms with E-state index < -0.39 is 23.8 Å². The number of nitrogens with one attached hydrogen (secondary N) is 3. The number of benzene rings is 1. The molecule has 0 aliphatic heterocycles.